The van der Waals surface area contributed by atoms with E-state index in [-0.39, 0.29) is 5.78 Å². The number of nitrogens with zero attached hydrogens (tertiary/aromatic N) is 1. The van der Waals surface area contributed by atoms with Crippen molar-refractivity contribution in [3.05, 3.63) is 16.1 Å². The minimum Gasteiger partial charge on any atom is -0.292 e. The number of aromatic nitrogens is 1. The molecular formula is C6H5BrNOS. The fraction of sp³-hybridized carbons (Fsp3) is 0.333. The van der Waals surface area contributed by atoms with Gasteiger partial charge in [0.15, 0.2) is 11.3 Å². The molecule has 1 aromatic heterocycles. The Morgan fingerprint density at radius 3 is 3.00 bits per heavy atom. The third-order valence-electron chi connectivity index (χ3n) is 1.06. The number of Topliss-reactive ketones (excluding diaryl/α,β-unsaturated/α-hetero) is 1. The molecule has 53 valence electrons. The van der Waals surface area contributed by atoms with Crippen molar-refractivity contribution in [3.63, 3.8) is 0 Å². The molecule has 0 aromatic carbocycles. The highest BCUT2D eigenvalue weighted by molar-refractivity contribution is 9.09. The molecule has 0 spiro atoms. The zero-order valence-corrected chi connectivity index (χ0v) is 7.75. The van der Waals surface area contributed by atoms with E-state index in [0.717, 1.165) is 5.69 Å². The van der Waals surface area contributed by atoms with Gasteiger partial charge in [-0.05, 0) is 6.92 Å². The van der Waals surface area contributed by atoms with Crippen LogP contribution in [-0.2, 0) is 0 Å². The molecule has 0 saturated heterocycles. The van der Waals surface area contributed by atoms with E-state index >= 15 is 0 Å². The molecule has 1 heterocycles. The number of rotatable bonds is 2. The van der Waals surface area contributed by atoms with Crippen LogP contribution in [0.2, 0.25) is 0 Å². The summed E-state index contributed by atoms with van der Waals surface area (Å²) in [4.78, 5) is 15.5. The van der Waals surface area contributed by atoms with Gasteiger partial charge in [0.2, 0.25) is 0 Å². The Morgan fingerprint density at radius 2 is 2.60 bits per heavy atom. The van der Waals surface area contributed by atoms with Gasteiger partial charge in [0, 0.05) is 0 Å². The summed E-state index contributed by atoms with van der Waals surface area (Å²) < 4.78 is 0. The molecule has 1 rings (SSSR count). The number of carbonyl (C=O) groups is 1. The highest BCUT2D eigenvalue weighted by atomic mass is 79.9. The van der Waals surface area contributed by atoms with E-state index in [4.69, 9.17) is 0 Å². The number of carbonyl (C=O) groups excluding carboxylic acids is 1. The largest absolute Gasteiger partial charge is 0.292 e. The Balaban J connectivity index is 2.93. The number of hydrogen-bond donors (Lipinski definition) is 0. The maximum absolute atomic E-state index is 11.0. The topological polar surface area (TPSA) is 30.0 Å². The van der Waals surface area contributed by atoms with Crippen molar-refractivity contribution >= 4 is 33.0 Å². The van der Waals surface area contributed by atoms with Crippen LogP contribution >= 0.6 is 27.3 Å². The second-order valence-corrected chi connectivity index (χ2v) is 3.13. The zero-order chi connectivity index (χ0) is 7.56. The van der Waals surface area contributed by atoms with Crippen LogP contribution in [0, 0.1) is 12.4 Å². The number of aryl methyl sites for hydroxylation is 1. The van der Waals surface area contributed by atoms with Gasteiger partial charge in [-0.25, -0.2) is 4.98 Å². The molecule has 0 unspecified atom stereocenters. The van der Waals surface area contributed by atoms with Gasteiger partial charge in [-0.3, -0.25) is 4.79 Å². The van der Waals surface area contributed by atoms with Crippen LogP contribution in [0.1, 0.15) is 15.4 Å². The summed E-state index contributed by atoms with van der Waals surface area (Å²) in [5, 5.41) is 0.365. The second-order valence-electron chi connectivity index (χ2n) is 1.78. The minimum absolute atomic E-state index is 0.0799. The lowest BCUT2D eigenvalue weighted by Crippen LogP contribution is -1.98. The van der Waals surface area contributed by atoms with E-state index in [1.165, 1.54) is 11.3 Å². The van der Waals surface area contributed by atoms with E-state index in [1.807, 2.05) is 6.92 Å². The zero-order valence-electron chi connectivity index (χ0n) is 5.35. The summed E-state index contributed by atoms with van der Waals surface area (Å²) in [5.41, 5.74) is 3.44. The highest BCUT2D eigenvalue weighted by Gasteiger charge is 2.09. The van der Waals surface area contributed by atoms with Crippen LogP contribution in [0.5, 0.6) is 0 Å². The van der Waals surface area contributed by atoms with Gasteiger partial charge in [-0.1, -0.05) is 15.9 Å². The fourth-order valence-electron chi connectivity index (χ4n) is 0.581. The van der Waals surface area contributed by atoms with Crippen LogP contribution in [0.3, 0.4) is 0 Å². The standard InChI is InChI=1S/C6H5BrNOS/c1-4-6(5(9)2-7)10-3-8-4/h2H2,1H3. The van der Waals surface area contributed by atoms with Crippen LogP contribution in [-0.4, -0.2) is 16.1 Å². The summed E-state index contributed by atoms with van der Waals surface area (Å²) in [6.45, 7) is 1.81. The molecule has 0 aliphatic carbocycles. The Morgan fingerprint density at radius 1 is 1.90 bits per heavy atom. The van der Waals surface area contributed by atoms with Gasteiger partial charge in [-0.2, -0.15) is 0 Å². The molecule has 2 nitrogen and oxygen atoms in total. The first kappa shape index (κ1) is 7.88. The molecule has 1 radical (unpaired) electrons. The first-order valence-corrected chi connectivity index (χ1v) is 4.62. The molecule has 0 aliphatic rings. The normalized spacial score (nSPS) is 9.80. The van der Waals surface area contributed by atoms with Crippen molar-refractivity contribution in [1.29, 1.82) is 0 Å². The van der Waals surface area contributed by atoms with Crippen molar-refractivity contribution in [3.8, 4) is 0 Å². The monoisotopic (exact) mass is 218 g/mol. The molecule has 0 fully saturated rings. The summed E-state index contributed by atoms with van der Waals surface area (Å²) in [6, 6.07) is 0. The molecule has 0 amide bonds. The van der Waals surface area contributed by atoms with Gasteiger partial charge in [0.1, 0.15) is 0 Å². The van der Waals surface area contributed by atoms with Gasteiger partial charge in [-0.15, -0.1) is 11.3 Å². The average Bonchev–Trinajstić information content (AvgIpc) is 2.34. The van der Waals surface area contributed by atoms with Crippen molar-refractivity contribution in [2.24, 2.45) is 0 Å². The Kier molecular flexibility index (Phi) is 2.56. The number of alkyl halides is 1. The van der Waals surface area contributed by atoms with Gasteiger partial charge < -0.3 is 0 Å². The molecule has 1 aromatic rings. The molecule has 10 heavy (non-hydrogen) atoms. The lowest BCUT2D eigenvalue weighted by molar-refractivity contribution is 0.102. The van der Waals surface area contributed by atoms with Crippen LogP contribution < -0.4 is 0 Å². The lowest BCUT2D eigenvalue weighted by atomic mass is 10.3. The van der Waals surface area contributed by atoms with E-state index in [1.54, 1.807) is 0 Å². The van der Waals surface area contributed by atoms with Crippen molar-refractivity contribution in [1.82, 2.24) is 4.98 Å². The van der Waals surface area contributed by atoms with Crippen LogP contribution in [0.15, 0.2) is 0 Å². The summed E-state index contributed by atoms with van der Waals surface area (Å²) in [5.74, 6) is 0.0799. The Labute approximate surface area is 71.4 Å². The number of halogens is 1. The third kappa shape index (κ3) is 1.44. The quantitative estimate of drug-likeness (QED) is 0.561. The van der Waals surface area contributed by atoms with Crippen molar-refractivity contribution < 1.29 is 4.79 Å². The predicted molar refractivity (Wildman–Crippen MR) is 43.8 cm³/mol. The first-order chi connectivity index (χ1) is 4.75. The highest BCUT2D eigenvalue weighted by Crippen LogP contribution is 2.12. The number of ketones is 1. The summed E-state index contributed by atoms with van der Waals surface area (Å²) >= 11 is 4.35. The predicted octanol–water partition coefficient (Wildman–Crippen LogP) is 1.83. The lowest BCUT2D eigenvalue weighted by Gasteiger charge is -1.89. The van der Waals surface area contributed by atoms with Crippen molar-refractivity contribution in [2.75, 3.05) is 5.33 Å². The molecule has 0 aliphatic heterocycles. The maximum Gasteiger partial charge on any atom is 0.185 e. The molecule has 0 atom stereocenters. The minimum atomic E-state index is 0.0799. The van der Waals surface area contributed by atoms with Gasteiger partial charge in [0.25, 0.3) is 0 Å². The maximum atomic E-state index is 11.0. The van der Waals surface area contributed by atoms with E-state index in [2.05, 4.69) is 26.4 Å². The summed E-state index contributed by atoms with van der Waals surface area (Å²) in [7, 11) is 0. The second kappa shape index (κ2) is 3.25. The van der Waals surface area contributed by atoms with Crippen molar-refractivity contribution in [2.45, 2.75) is 6.92 Å². The Hall–Kier alpha value is -0.220. The van der Waals surface area contributed by atoms with E-state index in [9.17, 15) is 4.79 Å². The fourth-order valence-corrected chi connectivity index (χ4v) is 1.70. The smallest absolute Gasteiger partial charge is 0.185 e. The number of hydrogen-bond acceptors (Lipinski definition) is 3. The average molecular weight is 219 g/mol. The van der Waals surface area contributed by atoms with Crippen LogP contribution in [0.25, 0.3) is 0 Å². The number of thiazole rings is 1. The summed E-state index contributed by atoms with van der Waals surface area (Å²) in [6.07, 6.45) is 0. The molecule has 0 N–H and O–H groups in total. The SMILES string of the molecule is Cc1n[c]sc1C(=O)CBr. The molecule has 4 heteroatoms. The van der Waals surface area contributed by atoms with Crippen LogP contribution in [0.4, 0.5) is 0 Å². The van der Waals surface area contributed by atoms with Gasteiger partial charge >= 0.3 is 0 Å². The molecule has 0 saturated carbocycles. The van der Waals surface area contributed by atoms with E-state index < -0.39 is 0 Å². The Bertz CT molecular complexity index is 246. The first-order valence-electron chi connectivity index (χ1n) is 2.68. The van der Waals surface area contributed by atoms with Gasteiger partial charge in [0.05, 0.1) is 15.9 Å². The third-order valence-corrected chi connectivity index (χ3v) is 2.48. The molecular weight excluding hydrogens is 214 g/mol. The van der Waals surface area contributed by atoms with E-state index in [0.29, 0.717) is 10.2 Å². The molecule has 0 bridgehead atoms.